The summed E-state index contributed by atoms with van der Waals surface area (Å²) in [5.74, 6) is -10.8. The number of rotatable bonds is 25. The molecule has 0 aliphatic heterocycles. The molecule has 278 valence electrons. The Morgan fingerprint density at radius 3 is 1.29 bits per heavy atom. The second kappa shape index (κ2) is 22.7. The Balaban J connectivity index is 6.22. The molecule has 20 nitrogen and oxygen atoms in total. The maximum absolute atomic E-state index is 13.4. The van der Waals surface area contributed by atoms with Crippen molar-refractivity contribution in [2.24, 2.45) is 17.4 Å². The largest absolute Gasteiger partial charge is 0.481 e. The minimum absolute atomic E-state index is 0.00171. The molecule has 0 aromatic heterocycles. The van der Waals surface area contributed by atoms with Gasteiger partial charge < -0.3 is 58.5 Å². The van der Waals surface area contributed by atoms with E-state index in [4.69, 9.17) is 21.7 Å². The lowest BCUT2D eigenvalue weighted by Gasteiger charge is -2.26. The Morgan fingerprint density at radius 2 is 0.918 bits per heavy atom. The topological polar surface area (TPSA) is 347 Å². The van der Waals surface area contributed by atoms with E-state index in [0.29, 0.717) is 6.42 Å². The highest BCUT2D eigenvalue weighted by atomic mass is 16.4. The number of carboxylic acids is 4. The van der Waals surface area contributed by atoms with E-state index in [2.05, 4.69) is 26.6 Å². The van der Waals surface area contributed by atoms with E-state index in [0.717, 1.165) is 0 Å². The Bertz CT molecular complexity index is 1200. The zero-order valence-corrected chi connectivity index (χ0v) is 27.7. The molecule has 6 atom stereocenters. The number of carbonyl (C=O) groups is 9. The average Bonchev–Trinajstić information content (AvgIpc) is 2.98. The van der Waals surface area contributed by atoms with Crippen LogP contribution < -0.4 is 38.1 Å². The van der Waals surface area contributed by atoms with Crippen molar-refractivity contribution in [3.8, 4) is 0 Å². The Morgan fingerprint density at radius 1 is 0.531 bits per heavy atom. The molecular weight excluding hydrogens is 654 g/mol. The summed E-state index contributed by atoms with van der Waals surface area (Å²) in [6.07, 6.45) is -2.53. The molecule has 0 unspecified atom stereocenters. The van der Waals surface area contributed by atoms with Crippen LogP contribution in [0.15, 0.2) is 0 Å². The van der Waals surface area contributed by atoms with Gasteiger partial charge in [0, 0.05) is 12.8 Å². The molecular formula is C29H49N7O13. The van der Waals surface area contributed by atoms with E-state index < -0.39 is 115 Å². The Kier molecular flexibility index (Phi) is 20.4. The van der Waals surface area contributed by atoms with Crippen LogP contribution in [0.4, 0.5) is 0 Å². The zero-order valence-electron chi connectivity index (χ0n) is 27.7. The number of carbonyl (C=O) groups excluding carboxylic acids is 5. The summed E-state index contributed by atoms with van der Waals surface area (Å²) in [6.45, 7) is 4.93. The number of hydrogen-bond acceptors (Lipinski definition) is 11. The van der Waals surface area contributed by atoms with Crippen LogP contribution in [0.25, 0.3) is 0 Å². The summed E-state index contributed by atoms with van der Waals surface area (Å²) in [6, 6.07) is -8.84. The van der Waals surface area contributed by atoms with E-state index in [1.54, 1.807) is 13.8 Å². The van der Waals surface area contributed by atoms with E-state index in [-0.39, 0.29) is 38.1 Å². The Hall–Kier alpha value is -4.85. The number of hydrogen-bond donors (Lipinski definition) is 11. The maximum Gasteiger partial charge on any atom is 0.326 e. The molecule has 0 saturated carbocycles. The van der Waals surface area contributed by atoms with E-state index in [9.17, 15) is 53.4 Å². The smallest absolute Gasteiger partial charge is 0.326 e. The molecule has 5 amide bonds. The predicted molar refractivity (Wildman–Crippen MR) is 169 cm³/mol. The van der Waals surface area contributed by atoms with Gasteiger partial charge in [-0.25, -0.2) is 4.79 Å². The molecule has 20 heteroatoms. The standard InChI is InChI=1S/C29H49N7O13/c1-14(2)12-20(29(48)49)36-27(46)18(8-10-22(39)40)34-28(47)19(13-23(41)42)35-25(44)16(6-4-5-11-30)33-26(45)17(7-9-21(37)38)32-24(43)15(3)31/h14-20H,4-13,30-31H2,1-3H3,(H,32,43)(H,33,45)(H,34,47)(H,35,44)(H,36,46)(H,37,38)(H,39,40)(H,41,42)(H,48,49)/t15-,16-,17-,18-,19-,20-/m0/s1. The highest BCUT2D eigenvalue weighted by molar-refractivity contribution is 5.97. The third kappa shape index (κ3) is 18.9. The van der Waals surface area contributed by atoms with Crippen LogP contribution in [0.1, 0.15) is 78.6 Å². The third-order valence-electron chi connectivity index (χ3n) is 6.89. The summed E-state index contributed by atoms with van der Waals surface area (Å²) < 4.78 is 0. The lowest BCUT2D eigenvalue weighted by Crippen LogP contribution is -2.59. The highest BCUT2D eigenvalue weighted by Crippen LogP contribution is 2.09. The van der Waals surface area contributed by atoms with Crippen LogP contribution in [0.3, 0.4) is 0 Å². The van der Waals surface area contributed by atoms with Gasteiger partial charge in [-0.2, -0.15) is 0 Å². The quantitative estimate of drug-likeness (QED) is 0.0428. The van der Waals surface area contributed by atoms with Gasteiger partial charge in [0.2, 0.25) is 29.5 Å². The number of carboxylic acid groups (broad SMARTS) is 4. The molecule has 13 N–H and O–H groups in total. The van der Waals surface area contributed by atoms with Crippen molar-refractivity contribution < 1.29 is 63.6 Å². The van der Waals surface area contributed by atoms with Crippen LogP contribution in [0, 0.1) is 5.92 Å². The summed E-state index contributed by atoms with van der Waals surface area (Å²) >= 11 is 0. The maximum atomic E-state index is 13.4. The van der Waals surface area contributed by atoms with Gasteiger partial charge in [-0.05, 0) is 57.9 Å². The van der Waals surface area contributed by atoms with Crippen LogP contribution in [-0.4, -0.2) is 117 Å². The fourth-order valence-corrected chi connectivity index (χ4v) is 4.30. The van der Waals surface area contributed by atoms with Crippen molar-refractivity contribution in [1.82, 2.24) is 26.6 Å². The highest BCUT2D eigenvalue weighted by Gasteiger charge is 2.34. The Labute approximate surface area is 282 Å². The van der Waals surface area contributed by atoms with Gasteiger partial charge in [0.1, 0.15) is 30.2 Å². The molecule has 0 heterocycles. The predicted octanol–water partition coefficient (Wildman–Crippen LogP) is -2.78. The number of aliphatic carboxylic acids is 4. The van der Waals surface area contributed by atoms with Gasteiger partial charge in [0.15, 0.2) is 0 Å². The molecule has 0 bridgehead atoms. The molecule has 0 aromatic carbocycles. The van der Waals surface area contributed by atoms with Gasteiger partial charge in [-0.1, -0.05) is 13.8 Å². The van der Waals surface area contributed by atoms with Crippen LogP contribution >= 0.6 is 0 Å². The second-order valence-electron chi connectivity index (χ2n) is 11.8. The van der Waals surface area contributed by atoms with Crippen LogP contribution in [-0.2, 0) is 43.2 Å². The van der Waals surface area contributed by atoms with Gasteiger partial charge in [0.25, 0.3) is 0 Å². The number of amides is 5. The first-order valence-electron chi connectivity index (χ1n) is 15.6. The van der Waals surface area contributed by atoms with E-state index in [1.165, 1.54) is 6.92 Å². The first-order chi connectivity index (χ1) is 22.8. The molecule has 0 saturated heterocycles. The van der Waals surface area contributed by atoms with Crippen molar-refractivity contribution in [2.45, 2.75) is 115 Å². The van der Waals surface area contributed by atoms with Gasteiger partial charge >= 0.3 is 23.9 Å². The fraction of sp³-hybridized carbons (Fsp3) is 0.690. The van der Waals surface area contributed by atoms with E-state index >= 15 is 0 Å². The summed E-state index contributed by atoms with van der Waals surface area (Å²) in [7, 11) is 0. The molecule has 0 radical (unpaired) electrons. The third-order valence-corrected chi connectivity index (χ3v) is 6.89. The van der Waals surface area contributed by atoms with Crippen molar-refractivity contribution in [2.75, 3.05) is 6.54 Å². The SMILES string of the molecule is CC(C)C[C@H](NC(=O)[C@H](CCC(=O)O)NC(=O)[C@H](CC(=O)O)NC(=O)[C@H](CCCCN)NC(=O)[C@H](CCC(=O)O)NC(=O)[C@H](C)N)C(=O)O. The van der Waals surface area contributed by atoms with Gasteiger partial charge in [-0.3, -0.25) is 38.4 Å². The first-order valence-corrected chi connectivity index (χ1v) is 15.6. The lowest BCUT2D eigenvalue weighted by atomic mass is 10.0. The molecule has 0 aromatic rings. The fourth-order valence-electron chi connectivity index (χ4n) is 4.30. The van der Waals surface area contributed by atoms with Crippen molar-refractivity contribution in [3.05, 3.63) is 0 Å². The lowest BCUT2D eigenvalue weighted by molar-refractivity contribution is -0.144. The minimum Gasteiger partial charge on any atom is -0.481 e. The summed E-state index contributed by atoms with van der Waals surface area (Å²) in [5, 5.41) is 48.5. The van der Waals surface area contributed by atoms with Gasteiger partial charge in [0.05, 0.1) is 12.5 Å². The van der Waals surface area contributed by atoms with Crippen LogP contribution in [0.5, 0.6) is 0 Å². The monoisotopic (exact) mass is 703 g/mol. The molecule has 49 heavy (non-hydrogen) atoms. The minimum atomic E-state index is -1.87. The molecule has 0 spiro atoms. The number of unbranched alkanes of at least 4 members (excludes halogenated alkanes) is 1. The van der Waals surface area contributed by atoms with Crippen molar-refractivity contribution in [1.29, 1.82) is 0 Å². The normalized spacial score (nSPS) is 14.6. The zero-order chi connectivity index (χ0) is 37.8. The molecule has 0 aliphatic carbocycles. The number of nitrogens with two attached hydrogens (primary N) is 2. The van der Waals surface area contributed by atoms with Crippen LogP contribution in [0.2, 0.25) is 0 Å². The summed E-state index contributed by atoms with van der Waals surface area (Å²) in [5.41, 5.74) is 11.1. The molecule has 0 aliphatic rings. The van der Waals surface area contributed by atoms with E-state index in [1.807, 2.05) is 0 Å². The first kappa shape index (κ1) is 44.1. The molecule has 0 fully saturated rings. The summed E-state index contributed by atoms with van der Waals surface area (Å²) in [4.78, 5) is 111. The van der Waals surface area contributed by atoms with Gasteiger partial charge in [-0.15, -0.1) is 0 Å². The second-order valence-corrected chi connectivity index (χ2v) is 11.8. The average molecular weight is 704 g/mol. The van der Waals surface area contributed by atoms with Crippen molar-refractivity contribution in [3.63, 3.8) is 0 Å². The van der Waals surface area contributed by atoms with Crippen molar-refractivity contribution >= 4 is 53.4 Å². The number of nitrogens with one attached hydrogen (secondary N) is 5. The molecule has 0 rings (SSSR count).